The third-order valence-corrected chi connectivity index (χ3v) is 4.29. The van der Waals surface area contributed by atoms with Crippen molar-refractivity contribution in [3.05, 3.63) is 35.1 Å². The molecule has 0 saturated carbocycles. The van der Waals surface area contributed by atoms with Crippen LogP contribution in [0.2, 0.25) is 0 Å². The molecule has 3 rings (SSSR count). The van der Waals surface area contributed by atoms with Gasteiger partial charge < -0.3 is 5.32 Å². The third-order valence-electron chi connectivity index (χ3n) is 3.29. The summed E-state index contributed by atoms with van der Waals surface area (Å²) in [6.07, 6.45) is 5.34. The number of hydrogen-bond donors (Lipinski definition) is 2. The lowest BCUT2D eigenvalue weighted by molar-refractivity contribution is 0.102. The number of piperidine rings is 1. The van der Waals surface area contributed by atoms with Crippen molar-refractivity contribution in [2.24, 2.45) is 0 Å². The molecule has 1 amide bonds. The summed E-state index contributed by atoms with van der Waals surface area (Å²) in [5.41, 5.74) is 0.568. The lowest BCUT2D eigenvalue weighted by Gasteiger charge is -2.19. The van der Waals surface area contributed by atoms with Gasteiger partial charge in [0.1, 0.15) is 5.01 Å². The number of nitrogens with zero attached hydrogens (tertiary/aromatic N) is 3. The summed E-state index contributed by atoms with van der Waals surface area (Å²) >= 11 is 1.46. The smallest absolute Gasteiger partial charge is 0.257 e. The van der Waals surface area contributed by atoms with Crippen LogP contribution in [0.1, 0.15) is 34.1 Å². The van der Waals surface area contributed by atoms with Crippen LogP contribution in [-0.4, -0.2) is 34.2 Å². The summed E-state index contributed by atoms with van der Waals surface area (Å²) in [5.74, 6) is 0.278. The number of carbonyl (C=O) groups is 1. The van der Waals surface area contributed by atoms with Gasteiger partial charge in [0.15, 0.2) is 0 Å². The maximum Gasteiger partial charge on any atom is 0.257 e. The number of anilines is 1. The summed E-state index contributed by atoms with van der Waals surface area (Å²) in [5, 5.41) is 15.9. The molecule has 0 atom stereocenters. The average molecular weight is 289 g/mol. The van der Waals surface area contributed by atoms with Gasteiger partial charge in [-0.15, -0.1) is 10.2 Å². The van der Waals surface area contributed by atoms with E-state index in [2.05, 4.69) is 25.8 Å². The van der Waals surface area contributed by atoms with Gasteiger partial charge in [-0.1, -0.05) is 11.3 Å². The lowest BCUT2D eigenvalue weighted by atomic mass is 9.99. The first-order valence-electron chi connectivity index (χ1n) is 6.58. The van der Waals surface area contributed by atoms with E-state index in [4.69, 9.17) is 0 Å². The van der Waals surface area contributed by atoms with Crippen molar-refractivity contribution in [1.29, 1.82) is 0 Å². The number of hydrogen-bond acceptors (Lipinski definition) is 6. The molecule has 2 N–H and O–H groups in total. The molecule has 0 aliphatic carbocycles. The van der Waals surface area contributed by atoms with E-state index in [0.29, 0.717) is 16.6 Å². The summed E-state index contributed by atoms with van der Waals surface area (Å²) in [6.45, 7) is 2.03. The number of nitrogens with one attached hydrogen (secondary N) is 2. The second-order valence-corrected chi connectivity index (χ2v) is 5.67. The minimum absolute atomic E-state index is 0.180. The van der Waals surface area contributed by atoms with Crippen molar-refractivity contribution in [1.82, 2.24) is 20.5 Å². The van der Waals surface area contributed by atoms with Gasteiger partial charge in [0.25, 0.3) is 5.91 Å². The molecular weight excluding hydrogens is 274 g/mol. The Morgan fingerprint density at radius 2 is 2.00 bits per heavy atom. The van der Waals surface area contributed by atoms with Crippen LogP contribution >= 0.6 is 11.3 Å². The zero-order chi connectivity index (χ0) is 13.8. The molecule has 104 valence electrons. The minimum atomic E-state index is -0.180. The molecule has 0 radical (unpaired) electrons. The summed E-state index contributed by atoms with van der Waals surface area (Å²) in [4.78, 5) is 15.9. The molecule has 1 aliphatic rings. The third kappa shape index (κ3) is 3.00. The van der Waals surface area contributed by atoms with E-state index >= 15 is 0 Å². The lowest BCUT2D eigenvalue weighted by Crippen LogP contribution is -2.26. The molecule has 2 aromatic heterocycles. The first kappa shape index (κ1) is 13.1. The Labute approximate surface area is 120 Å². The van der Waals surface area contributed by atoms with Crippen LogP contribution in [0.3, 0.4) is 0 Å². The molecule has 0 aromatic carbocycles. The minimum Gasteiger partial charge on any atom is -0.317 e. The largest absolute Gasteiger partial charge is 0.317 e. The molecule has 0 spiro atoms. The summed E-state index contributed by atoms with van der Waals surface area (Å²) in [7, 11) is 0. The van der Waals surface area contributed by atoms with Gasteiger partial charge in [-0.05, 0) is 38.1 Å². The molecule has 1 saturated heterocycles. The molecule has 20 heavy (non-hydrogen) atoms. The van der Waals surface area contributed by atoms with E-state index in [-0.39, 0.29) is 5.91 Å². The molecule has 6 nitrogen and oxygen atoms in total. The number of rotatable bonds is 3. The molecule has 7 heteroatoms. The van der Waals surface area contributed by atoms with Crippen LogP contribution in [0.4, 0.5) is 5.13 Å². The fraction of sp³-hybridized carbons (Fsp3) is 0.385. The predicted molar refractivity (Wildman–Crippen MR) is 76.9 cm³/mol. The molecule has 0 bridgehead atoms. The fourth-order valence-electron chi connectivity index (χ4n) is 2.19. The Morgan fingerprint density at radius 1 is 1.25 bits per heavy atom. The molecule has 0 unspecified atom stereocenters. The van der Waals surface area contributed by atoms with Crippen molar-refractivity contribution >= 4 is 22.4 Å². The highest BCUT2D eigenvalue weighted by Gasteiger charge is 2.20. The van der Waals surface area contributed by atoms with Gasteiger partial charge in [0.05, 0.1) is 0 Å². The Kier molecular flexibility index (Phi) is 3.98. The van der Waals surface area contributed by atoms with E-state index < -0.39 is 0 Å². The topological polar surface area (TPSA) is 79.8 Å². The molecule has 1 fully saturated rings. The standard InChI is InChI=1S/C13H15N5OS/c19-11(9-1-5-14-6-2-9)16-13-18-17-12(20-13)10-3-7-15-8-4-10/h1-2,5-6,10,15H,3-4,7-8H2,(H,16,18,19). The van der Waals surface area contributed by atoms with E-state index in [1.807, 2.05) is 0 Å². The zero-order valence-corrected chi connectivity index (χ0v) is 11.7. The van der Waals surface area contributed by atoms with Gasteiger partial charge in [-0.25, -0.2) is 0 Å². The van der Waals surface area contributed by atoms with Crippen molar-refractivity contribution in [2.45, 2.75) is 18.8 Å². The molecule has 2 aromatic rings. The summed E-state index contributed by atoms with van der Waals surface area (Å²) in [6, 6.07) is 3.34. The highest BCUT2D eigenvalue weighted by molar-refractivity contribution is 7.15. The van der Waals surface area contributed by atoms with Crippen LogP contribution < -0.4 is 10.6 Å². The second kappa shape index (κ2) is 6.06. The van der Waals surface area contributed by atoms with Crippen LogP contribution in [0.5, 0.6) is 0 Å². The van der Waals surface area contributed by atoms with Gasteiger partial charge in [0, 0.05) is 23.9 Å². The van der Waals surface area contributed by atoms with Gasteiger partial charge in [-0.3, -0.25) is 15.1 Å². The predicted octanol–water partition coefficient (Wildman–Crippen LogP) is 1.65. The Hall–Kier alpha value is -1.86. The van der Waals surface area contributed by atoms with Crippen molar-refractivity contribution in [3.63, 3.8) is 0 Å². The first-order valence-corrected chi connectivity index (χ1v) is 7.40. The van der Waals surface area contributed by atoms with Crippen molar-refractivity contribution in [3.8, 4) is 0 Å². The van der Waals surface area contributed by atoms with Crippen LogP contribution in [0.15, 0.2) is 24.5 Å². The molecule has 1 aliphatic heterocycles. The van der Waals surface area contributed by atoms with Crippen molar-refractivity contribution in [2.75, 3.05) is 18.4 Å². The SMILES string of the molecule is O=C(Nc1nnc(C2CCNCC2)s1)c1ccncc1. The number of carbonyl (C=O) groups excluding carboxylic acids is 1. The highest BCUT2D eigenvalue weighted by Crippen LogP contribution is 2.29. The molecule has 3 heterocycles. The zero-order valence-electron chi connectivity index (χ0n) is 10.9. The van der Waals surface area contributed by atoms with Crippen molar-refractivity contribution < 1.29 is 4.79 Å². The van der Waals surface area contributed by atoms with E-state index in [0.717, 1.165) is 30.9 Å². The monoisotopic (exact) mass is 289 g/mol. The van der Waals surface area contributed by atoms with Crippen LogP contribution in [0, 0.1) is 0 Å². The molecular formula is C13H15N5OS. The van der Waals surface area contributed by atoms with E-state index in [9.17, 15) is 4.79 Å². The van der Waals surface area contributed by atoms with Crippen LogP contribution in [-0.2, 0) is 0 Å². The quantitative estimate of drug-likeness (QED) is 0.898. The first-order chi connectivity index (χ1) is 9.83. The second-order valence-electron chi connectivity index (χ2n) is 4.66. The Bertz CT molecular complexity index is 579. The Balaban J connectivity index is 1.66. The maximum absolute atomic E-state index is 12.0. The van der Waals surface area contributed by atoms with E-state index in [1.165, 1.54) is 11.3 Å². The van der Waals surface area contributed by atoms with Gasteiger partial charge in [0.2, 0.25) is 5.13 Å². The van der Waals surface area contributed by atoms with Gasteiger partial charge >= 0.3 is 0 Å². The van der Waals surface area contributed by atoms with Crippen LogP contribution in [0.25, 0.3) is 0 Å². The van der Waals surface area contributed by atoms with Gasteiger partial charge in [-0.2, -0.15) is 0 Å². The maximum atomic E-state index is 12.0. The normalized spacial score (nSPS) is 16.0. The Morgan fingerprint density at radius 3 is 2.75 bits per heavy atom. The number of amides is 1. The number of aromatic nitrogens is 3. The summed E-state index contributed by atoms with van der Waals surface area (Å²) < 4.78 is 0. The average Bonchev–Trinajstić information content (AvgIpc) is 2.97. The number of pyridine rings is 1. The highest BCUT2D eigenvalue weighted by atomic mass is 32.1. The van der Waals surface area contributed by atoms with E-state index in [1.54, 1.807) is 24.5 Å². The fourth-order valence-corrected chi connectivity index (χ4v) is 3.10.